The maximum Gasteiger partial charge on any atom is 0.441 e. The monoisotopic (exact) mass is 342 g/mol. The van der Waals surface area contributed by atoms with Crippen LogP contribution in [0.25, 0.3) is 0 Å². The van der Waals surface area contributed by atoms with Gasteiger partial charge in [-0.1, -0.05) is 0 Å². The summed E-state index contributed by atoms with van der Waals surface area (Å²) >= 11 is -0.101. The smallest absolute Gasteiger partial charge is 0.384 e. The molecule has 0 bridgehead atoms. The molecule has 21 heavy (non-hydrogen) atoms. The van der Waals surface area contributed by atoms with Gasteiger partial charge in [0.2, 0.25) is 10.0 Å². The van der Waals surface area contributed by atoms with E-state index in [1.165, 1.54) is 24.3 Å². The molecule has 0 saturated heterocycles. The van der Waals surface area contributed by atoms with Gasteiger partial charge in [-0.2, -0.15) is 13.2 Å². The molecule has 1 rings (SSSR count). The quantitative estimate of drug-likeness (QED) is 0.748. The molecule has 0 unspecified atom stereocenters. The SMILES string of the molecule is CC(C)NS(=O)(=O)c1ccc(NCCSC(F)(F)F)cc1. The molecule has 0 heterocycles. The fourth-order valence-electron chi connectivity index (χ4n) is 1.49. The number of halogens is 3. The van der Waals surface area contributed by atoms with E-state index in [4.69, 9.17) is 0 Å². The van der Waals surface area contributed by atoms with Crippen molar-refractivity contribution in [3.05, 3.63) is 24.3 Å². The molecule has 4 nitrogen and oxygen atoms in total. The third kappa shape index (κ3) is 7.05. The van der Waals surface area contributed by atoms with E-state index in [1.807, 2.05) is 0 Å². The highest BCUT2D eigenvalue weighted by molar-refractivity contribution is 8.00. The first-order chi connectivity index (χ1) is 9.60. The number of hydrogen-bond acceptors (Lipinski definition) is 4. The Morgan fingerprint density at radius 3 is 2.24 bits per heavy atom. The van der Waals surface area contributed by atoms with Gasteiger partial charge in [-0.3, -0.25) is 0 Å². The van der Waals surface area contributed by atoms with Gasteiger partial charge in [0.05, 0.1) is 4.90 Å². The lowest BCUT2D eigenvalue weighted by Crippen LogP contribution is -2.30. The third-order valence-corrected chi connectivity index (χ3v) is 4.66. The van der Waals surface area contributed by atoms with Crippen LogP contribution >= 0.6 is 11.8 Å². The van der Waals surface area contributed by atoms with Crippen LogP contribution in [0.2, 0.25) is 0 Å². The molecule has 0 aromatic heterocycles. The van der Waals surface area contributed by atoms with Gasteiger partial charge < -0.3 is 5.32 Å². The van der Waals surface area contributed by atoms with Crippen LogP contribution in [0.5, 0.6) is 0 Å². The highest BCUT2D eigenvalue weighted by Gasteiger charge is 2.27. The van der Waals surface area contributed by atoms with Crippen LogP contribution in [0, 0.1) is 0 Å². The average molecular weight is 342 g/mol. The standard InChI is InChI=1S/C12H17F3N2O2S2/c1-9(2)17-21(18,19)11-5-3-10(4-6-11)16-7-8-20-12(13,14)15/h3-6,9,16-17H,7-8H2,1-2H3. The summed E-state index contributed by atoms with van der Waals surface area (Å²) in [4.78, 5) is 0.117. The van der Waals surface area contributed by atoms with Gasteiger partial charge in [-0.25, -0.2) is 13.1 Å². The summed E-state index contributed by atoms with van der Waals surface area (Å²) in [6.07, 6.45) is 0. The van der Waals surface area contributed by atoms with Gasteiger partial charge in [0.25, 0.3) is 0 Å². The number of nitrogens with one attached hydrogen (secondary N) is 2. The third-order valence-electron chi connectivity index (χ3n) is 2.25. The van der Waals surface area contributed by atoms with Crippen LogP contribution in [0.4, 0.5) is 18.9 Å². The van der Waals surface area contributed by atoms with E-state index < -0.39 is 15.5 Å². The molecule has 0 radical (unpaired) electrons. The van der Waals surface area contributed by atoms with E-state index >= 15 is 0 Å². The van der Waals surface area contributed by atoms with E-state index in [0.29, 0.717) is 5.69 Å². The van der Waals surface area contributed by atoms with Crippen molar-refractivity contribution in [3.8, 4) is 0 Å². The van der Waals surface area contributed by atoms with Gasteiger partial charge in [0.1, 0.15) is 0 Å². The molecule has 9 heteroatoms. The summed E-state index contributed by atoms with van der Waals surface area (Å²) in [6, 6.07) is 5.64. The van der Waals surface area contributed by atoms with Gasteiger partial charge in [0.15, 0.2) is 0 Å². The summed E-state index contributed by atoms with van der Waals surface area (Å²) in [6.45, 7) is 3.57. The van der Waals surface area contributed by atoms with Crippen molar-refractivity contribution in [2.45, 2.75) is 30.3 Å². The zero-order valence-electron chi connectivity index (χ0n) is 11.6. The summed E-state index contributed by atoms with van der Waals surface area (Å²) in [5.41, 5.74) is -3.66. The minimum absolute atomic E-state index is 0.101. The number of sulfonamides is 1. The minimum atomic E-state index is -4.23. The predicted molar refractivity (Wildman–Crippen MR) is 78.9 cm³/mol. The molecule has 1 aromatic rings. The molecule has 0 saturated carbocycles. The zero-order valence-corrected chi connectivity index (χ0v) is 13.2. The Bertz CT molecular complexity index is 543. The highest BCUT2D eigenvalue weighted by atomic mass is 32.2. The average Bonchev–Trinajstić information content (AvgIpc) is 2.32. The zero-order chi connectivity index (χ0) is 16.1. The molecular weight excluding hydrogens is 325 g/mol. The highest BCUT2D eigenvalue weighted by Crippen LogP contribution is 2.29. The molecular formula is C12H17F3N2O2S2. The number of rotatable bonds is 7. The van der Waals surface area contributed by atoms with Gasteiger partial charge >= 0.3 is 5.51 Å². The predicted octanol–water partition coefficient (Wildman–Crippen LogP) is 3.04. The normalized spacial score (nSPS) is 12.7. The minimum Gasteiger partial charge on any atom is -0.384 e. The van der Waals surface area contributed by atoms with Gasteiger partial charge in [-0.05, 0) is 49.9 Å². The van der Waals surface area contributed by atoms with Crippen LogP contribution < -0.4 is 10.0 Å². The Morgan fingerprint density at radius 2 is 1.76 bits per heavy atom. The molecule has 0 atom stereocenters. The van der Waals surface area contributed by atoms with E-state index in [1.54, 1.807) is 13.8 Å². The van der Waals surface area contributed by atoms with Crippen molar-refractivity contribution in [1.29, 1.82) is 0 Å². The van der Waals surface area contributed by atoms with Gasteiger partial charge in [0, 0.05) is 24.0 Å². The first-order valence-corrected chi connectivity index (χ1v) is 8.64. The van der Waals surface area contributed by atoms with E-state index in [2.05, 4.69) is 10.0 Å². The molecule has 0 aliphatic carbocycles. The first-order valence-electron chi connectivity index (χ1n) is 6.17. The lowest BCUT2D eigenvalue weighted by atomic mass is 10.3. The molecule has 0 fully saturated rings. The maximum atomic E-state index is 11.9. The van der Waals surface area contributed by atoms with Crippen molar-refractivity contribution >= 4 is 27.5 Å². The molecule has 0 aliphatic heterocycles. The Morgan fingerprint density at radius 1 is 1.19 bits per heavy atom. The second-order valence-corrected chi connectivity index (χ2v) is 7.40. The molecule has 1 aromatic carbocycles. The number of benzene rings is 1. The Kier molecular flexibility index (Phi) is 6.36. The topological polar surface area (TPSA) is 58.2 Å². The second-order valence-electron chi connectivity index (χ2n) is 4.52. The molecule has 0 spiro atoms. The largest absolute Gasteiger partial charge is 0.441 e. The van der Waals surface area contributed by atoms with Crippen molar-refractivity contribution in [1.82, 2.24) is 4.72 Å². The van der Waals surface area contributed by atoms with Crippen molar-refractivity contribution in [2.24, 2.45) is 0 Å². The Labute approximate surface area is 126 Å². The summed E-state index contributed by atoms with van der Waals surface area (Å²) in [5, 5.41) is 2.80. The Hall–Kier alpha value is -0.930. The van der Waals surface area contributed by atoms with Crippen molar-refractivity contribution in [3.63, 3.8) is 0 Å². The van der Waals surface area contributed by atoms with Crippen LogP contribution in [0.1, 0.15) is 13.8 Å². The van der Waals surface area contributed by atoms with Gasteiger partial charge in [-0.15, -0.1) is 0 Å². The van der Waals surface area contributed by atoms with E-state index in [0.717, 1.165) is 0 Å². The fraction of sp³-hybridized carbons (Fsp3) is 0.500. The number of thioether (sulfide) groups is 1. The fourth-order valence-corrected chi connectivity index (χ4v) is 3.18. The molecule has 0 amide bonds. The molecule has 120 valence electrons. The van der Waals surface area contributed by atoms with E-state index in [-0.39, 0.29) is 35.0 Å². The molecule has 2 N–H and O–H groups in total. The van der Waals surface area contributed by atoms with Crippen molar-refractivity contribution < 1.29 is 21.6 Å². The number of hydrogen-bond donors (Lipinski definition) is 2. The molecule has 0 aliphatic rings. The first kappa shape index (κ1) is 18.1. The number of alkyl halides is 3. The van der Waals surface area contributed by atoms with Crippen molar-refractivity contribution in [2.75, 3.05) is 17.6 Å². The van der Waals surface area contributed by atoms with Crippen LogP contribution in [0.3, 0.4) is 0 Å². The maximum absolute atomic E-state index is 11.9. The van der Waals surface area contributed by atoms with Crippen LogP contribution in [-0.4, -0.2) is 32.3 Å². The summed E-state index contributed by atoms with van der Waals surface area (Å²) in [7, 11) is -3.55. The Balaban J connectivity index is 2.55. The summed E-state index contributed by atoms with van der Waals surface area (Å²) < 4.78 is 62.0. The van der Waals surface area contributed by atoms with Crippen LogP contribution in [-0.2, 0) is 10.0 Å². The second kappa shape index (κ2) is 7.37. The number of anilines is 1. The lowest BCUT2D eigenvalue weighted by molar-refractivity contribution is -0.0327. The lowest BCUT2D eigenvalue weighted by Gasteiger charge is -2.11. The van der Waals surface area contributed by atoms with E-state index in [9.17, 15) is 21.6 Å². The summed E-state index contributed by atoms with van der Waals surface area (Å²) in [5.74, 6) is -0.113. The van der Waals surface area contributed by atoms with Crippen LogP contribution in [0.15, 0.2) is 29.2 Å².